The van der Waals surface area contributed by atoms with Gasteiger partial charge in [-0.05, 0) is 25.5 Å². The Morgan fingerprint density at radius 2 is 2.40 bits per heavy atom. The average Bonchev–Trinajstić information content (AvgIpc) is 3.04. The fraction of sp³-hybridized carbons (Fsp3) is 0.438. The number of ether oxygens (including phenoxy) is 1. The molecule has 2 heterocycles. The van der Waals surface area contributed by atoms with E-state index in [1.54, 1.807) is 0 Å². The van der Waals surface area contributed by atoms with E-state index in [1.807, 2.05) is 18.7 Å². The summed E-state index contributed by atoms with van der Waals surface area (Å²) in [6.45, 7) is 6.12. The van der Waals surface area contributed by atoms with Crippen LogP contribution in [0.1, 0.15) is 18.1 Å². The summed E-state index contributed by atoms with van der Waals surface area (Å²) in [7, 11) is 0. The van der Waals surface area contributed by atoms with Gasteiger partial charge in [0.05, 0.1) is 6.33 Å². The molecule has 1 aliphatic rings. The molecule has 4 heteroatoms. The second-order valence-electron chi connectivity index (χ2n) is 5.62. The minimum absolute atomic E-state index is 0.247. The lowest BCUT2D eigenvalue weighted by Crippen LogP contribution is -2.37. The summed E-state index contributed by atoms with van der Waals surface area (Å²) in [6, 6.07) is 6.82. The highest BCUT2D eigenvalue weighted by Crippen LogP contribution is 2.29. The highest BCUT2D eigenvalue weighted by atomic mass is 16.5. The maximum atomic E-state index is 5.97. The number of aryl methyl sites for hydroxylation is 1. The largest absolute Gasteiger partial charge is 0.488 e. The van der Waals surface area contributed by atoms with Crippen LogP contribution in [-0.4, -0.2) is 28.2 Å². The number of fused-ring (bicyclic) bond motifs is 1. The van der Waals surface area contributed by atoms with Crippen molar-refractivity contribution in [2.75, 3.05) is 6.54 Å². The van der Waals surface area contributed by atoms with E-state index in [4.69, 9.17) is 4.74 Å². The first-order chi connectivity index (χ1) is 9.70. The average molecular weight is 271 g/mol. The molecule has 0 amide bonds. The monoisotopic (exact) mass is 271 g/mol. The van der Waals surface area contributed by atoms with E-state index in [2.05, 4.69) is 46.9 Å². The summed E-state index contributed by atoms with van der Waals surface area (Å²) >= 11 is 0. The van der Waals surface area contributed by atoms with Crippen molar-refractivity contribution in [3.63, 3.8) is 0 Å². The van der Waals surface area contributed by atoms with Crippen LogP contribution in [0.3, 0.4) is 0 Å². The van der Waals surface area contributed by atoms with Crippen molar-refractivity contribution < 1.29 is 4.74 Å². The molecule has 20 heavy (non-hydrogen) atoms. The van der Waals surface area contributed by atoms with Gasteiger partial charge in [-0.1, -0.05) is 17.7 Å². The van der Waals surface area contributed by atoms with Crippen LogP contribution in [0.25, 0.3) is 0 Å². The number of aromatic nitrogens is 2. The highest BCUT2D eigenvalue weighted by Gasteiger charge is 2.22. The van der Waals surface area contributed by atoms with Crippen molar-refractivity contribution in [3.05, 3.63) is 48.0 Å². The number of benzene rings is 1. The Bertz CT molecular complexity index is 565. The summed E-state index contributed by atoms with van der Waals surface area (Å²) in [5.74, 6) is 1.05. The molecule has 0 bridgehead atoms. The zero-order chi connectivity index (χ0) is 13.9. The zero-order valence-electron chi connectivity index (χ0n) is 12.0. The van der Waals surface area contributed by atoms with Gasteiger partial charge in [-0.2, -0.15) is 0 Å². The third kappa shape index (κ3) is 3.02. The molecule has 2 atom stereocenters. The second-order valence-corrected chi connectivity index (χ2v) is 5.62. The van der Waals surface area contributed by atoms with Crippen LogP contribution in [0.5, 0.6) is 5.75 Å². The van der Waals surface area contributed by atoms with Crippen LogP contribution in [0, 0.1) is 6.92 Å². The molecular formula is C16H21N3O. The molecule has 2 aromatic rings. The van der Waals surface area contributed by atoms with E-state index < -0.39 is 0 Å². The van der Waals surface area contributed by atoms with Crippen LogP contribution in [-0.2, 0) is 13.0 Å². The van der Waals surface area contributed by atoms with Gasteiger partial charge in [-0.15, -0.1) is 0 Å². The Labute approximate surface area is 119 Å². The topological polar surface area (TPSA) is 39.1 Å². The third-order valence-electron chi connectivity index (χ3n) is 3.70. The summed E-state index contributed by atoms with van der Waals surface area (Å²) in [4.78, 5) is 4.06. The molecular weight excluding hydrogens is 250 g/mol. The normalized spacial score (nSPS) is 18.6. The number of nitrogens with zero attached hydrogens (tertiary/aromatic N) is 2. The fourth-order valence-corrected chi connectivity index (χ4v) is 2.67. The Morgan fingerprint density at radius 1 is 1.50 bits per heavy atom. The SMILES string of the molecule is Cc1ccc2c(c1)CC(CNC(C)Cn1ccnc1)O2. The molecule has 0 spiro atoms. The maximum absolute atomic E-state index is 5.97. The second kappa shape index (κ2) is 5.67. The van der Waals surface area contributed by atoms with Crippen LogP contribution < -0.4 is 10.1 Å². The van der Waals surface area contributed by atoms with Crippen molar-refractivity contribution in [2.24, 2.45) is 0 Å². The molecule has 0 saturated carbocycles. The minimum atomic E-state index is 0.247. The molecule has 106 valence electrons. The van der Waals surface area contributed by atoms with Crippen molar-refractivity contribution in [1.29, 1.82) is 0 Å². The first-order valence-corrected chi connectivity index (χ1v) is 7.16. The first kappa shape index (κ1) is 13.2. The summed E-state index contributed by atoms with van der Waals surface area (Å²) in [6.07, 6.45) is 6.90. The molecule has 0 saturated heterocycles. The van der Waals surface area contributed by atoms with Gasteiger partial charge >= 0.3 is 0 Å². The Hall–Kier alpha value is -1.81. The van der Waals surface area contributed by atoms with Gasteiger partial charge in [0.25, 0.3) is 0 Å². The van der Waals surface area contributed by atoms with Gasteiger partial charge < -0.3 is 14.6 Å². The van der Waals surface area contributed by atoms with Gasteiger partial charge in [0.15, 0.2) is 0 Å². The Kier molecular flexibility index (Phi) is 3.74. The lowest BCUT2D eigenvalue weighted by molar-refractivity contribution is 0.220. The molecule has 2 unspecified atom stereocenters. The van der Waals surface area contributed by atoms with Gasteiger partial charge in [-0.25, -0.2) is 4.98 Å². The highest BCUT2D eigenvalue weighted by molar-refractivity contribution is 5.40. The molecule has 0 aliphatic carbocycles. The predicted octanol–water partition coefficient (Wildman–Crippen LogP) is 2.17. The smallest absolute Gasteiger partial charge is 0.123 e. The molecule has 1 aromatic carbocycles. The zero-order valence-corrected chi connectivity index (χ0v) is 12.0. The summed E-state index contributed by atoms with van der Waals surface area (Å²) < 4.78 is 8.05. The molecule has 4 nitrogen and oxygen atoms in total. The van der Waals surface area contributed by atoms with Crippen molar-refractivity contribution >= 4 is 0 Å². The van der Waals surface area contributed by atoms with E-state index in [0.717, 1.165) is 25.3 Å². The van der Waals surface area contributed by atoms with E-state index >= 15 is 0 Å². The molecule has 1 N–H and O–H groups in total. The molecule has 1 aliphatic heterocycles. The minimum Gasteiger partial charge on any atom is -0.488 e. The van der Waals surface area contributed by atoms with E-state index in [0.29, 0.717) is 6.04 Å². The van der Waals surface area contributed by atoms with E-state index in [-0.39, 0.29) is 6.10 Å². The summed E-state index contributed by atoms with van der Waals surface area (Å²) in [5, 5.41) is 3.54. The lowest BCUT2D eigenvalue weighted by Gasteiger charge is -2.17. The van der Waals surface area contributed by atoms with Crippen LogP contribution in [0.2, 0.25) is 0 Å². The molecule has 1 aromatic heterocycles. The van der Waals surface area contributed by atoms with Crippen LogP contribution >= 0.6 is 0 Å². The van der Waals surface area contributed by atoms with Crippen molar-refractivity contribution in [1.82, 2.24) is 14.9 Å². The Morgan fingerprint density at radius 3 is 3.20 bits per heavy atom. The van der Waals surface area contributed by atoms with Gasteiger partial charge in [0.1, 0.15) is 11.9 Å². The molecule has 0 fully saturated rings. The maximum Gasteiger partial charge on any atom is 0.123 e. The van der Waals surface area contributed by atoms with Crippen LogP contribution in [0.15, 0.2) is 36.9 Å². The van der Waals surface area contributed by atoms with Crippen LogP contribution in [0.4, 0.5) is 0 Å². The number of hydrogen-bond donors (Lipinski definition) is 1. The number of imidazole rings is 1. The van der Waals surface area contributed by atoms with Gasteiger partial charge in [0, 0.05) is 37.9 Å². The van der Waals surface area contributed by atoms with E-state index in [9.17, 15) is 0 Å². The number of hydrogen-bond acceptors (Lipinski definition) is 3. The fourth-order valence-electron chi connectivity index (χ4n) is 2.67. The van der Waals surface area contributed by atoms with Gasteiger partial charge in [0.2, 0.25) is 0 Å². The number of nitrogens with one attached hydrogen (secondary N) is 1. The predicted molar refractivity (Wildman–Crippen MR) is 79.0 cm³/mol. The first-order valence-electron chi connectivity index (χ1n) is 7.16. The van der Waals surface area contributed by atoms with Crippen molar-refractivity contribution in [2.45, 2.75) is 39.0 Å². The Balaban J connectivity index is 1.48. The van der Waals surface area contributed by atoms with Gasteiger partial charge in [-0.3, -0.25) is 0 Å². The quantitative estimate of drug-likeness (QED) is 0.906. The lowest BCUT2D eigenvalue weighted by atomic mass is 10.1. The molecule has 3 rings (SSSR count). The number of rotatable bonds is 5. The summed E-state index contributed by atoms with van der Waals surface area (Å²) in [5.41, 5.74) is 2.63. The third-order valence-corrected chi connectivity index (χ3v) is 3.70. The van der Waals surface area contributed by atoms with E-state index in [1.165, 1.54) is 11.1 Å². The standard InChI is InChI=1S/C16H21N3O/c1-12-3-4-16-14(7-12)8-15(20-16)9-18-13(2)10-19-6-5-17-11-19/h3-7,11,13,15,18H,8-10H2,1-2H3. The van der Waals surface area contributed by atoms with Crippen molar-refractivity contribution in [3.8, 4) is 5.75 Å². The molecule has 0 radical (unpaired) electrons.